The Labute approximate surface area is 190 Å². The lowest BCUT2D eigenvalue weighted by Crippen LogP contribution is -2.23. The molecule has 5 heteroatoms. The Bertz CT molecular complexity index is 1120. The van der Waals surface area contributed by atoms with E-state index in [2.05, 4.69) is 25.2 Å². The smallest absolute Gasteiger partial charge is 0.244 e. The normalized spacial score (nSPS) is 11.8. The first-order valence-electron chi connectivity index (χ1n) is 11.1. The van der Waals surface area contributed by atoms with Gasteiger partial charge in [-0.2, -0.15) is 0 Å². The predicted octanol–water partition coefficient (Wildman–Crippen LogP) is 6.38. The zero-order chi connectivity index (χ0) is 23.3. The molecule has 1 N–H and O–H groups in total. The zero-order valence-electron chi connectivity index (χ0n) is 19.9. The van der Waals surface area contributed by atoms with Crippen LogP contribution in [0.25, 0.3) is 27.7 Å². The number of benzene rings is 2. The Morgan fingerprint density at radius 3 is 2.72 bits per heavy atom. The van der Waals surface area contributed by atoms with Crippen molar-refractivity contribution >= 4 is 22.4 Å². The fourth-order valence-corrected chi connectivity index (χ4v) is 3.76. The number of hydrogen-bond donors (Lipinski definition) is 1. The number of aryl methyl sites for hydroxylation is 1. The Hall–Kier alpha value is -3.21. The van der Waals surface area contributed by atoms with Gasteiger partial charge in [-0.1, -0.05) is 26.0 Å². The van der Waals surface area contributed by atoms with Gasteiger partial charge >= 0.3 is 0 Å². The van der Waals surface area contributed by atoms with E-state index in [0.29, 0.717) is 19.1 Å². The van der Waals surface area contributed by atoms with E-state index >= 15 is 0 Å². The number of carbonyl (C=O) groups is 1. The fourth-order valence-electron chi connectivity index (χ4n) is 3.76. The number of fused-ring (bicyclic) bond motifs is 1. The molecule has 0 spiro atoms. The van der Waals surface area contributed by atoms with Gasteiger partial charge in [0.1, 0.15) is 17.1 Å². The van der Waals surface area contributed by atoms with E-state index in [1.54, 1.807) is 19.4 Å². The van der Waals surface area contributed by atoms with E-state index < -0.39 is 0 Å². The molecular weight excluding hydrogens is 402 g/mol. The molecule has 0 unspecified atom stereocenters. The molecule has 0 atom stereocenters. The van der Waals surface area contributed by atoms with Crippen LogP contribution < -0.4 is 14.8 Å². The molecule has 170 valence electrons. The molecule has 3 aromatic rings. The minimum atomic E-state index is -0.0939. The standard InChI is InChI=1S/C27H33NO4/c1-7-31-26-19(5)27-23(24(16-32-27)20-9-8-10-21(14-20)30-6)15-22(26)18(4)13-25(29)28-12-11-17(2)3/h8-10,13-17H,7,11-12H2,1-6H3,(H,28,29)/b18-13+. The summed E-state index contributed by atoms with van der Waals surface area (Å²) >= 11 is 0. The first kappa shape index (κ1) is 23.5. The molecule has 0 saturated carbocycles. The molecule has 1 amide bonds. The molecule has 0 aliphatic rings. The molecule has 5 nitrogen and oxygen atoms in total. The summed E-state index contributed by atoms with van der Waals surface area (Å²) in [7, 11) is 1.66. The molecule has 2 aromatic carbocycles. The first-order chi connectivity index (χ1) is 15.3. The van der Waals surface area contributed by atoms with Gasteiger partial charge in [0.15, 0.2) is 0 Å². The molecule has 32 heavy (non-hydrogen) atoms. The number of allylic oxidation sites excluding steroid dienone is 1. The van der Waals surface area contributed by atoms with E-state index in [-0.39, 0.29) is 5.91 Å². The number of carbonyl (C=O) groups excluding carboxylic acids is 1. The molecular formula is C27H33NO4. The molecule has 1 heterocycles. The molecule has 0 fully saturated rings. The fraction of sp³-hybridized carbons (Fsp3) is 0.370. The van der Waals surface area contributed by atoms with Gasteiger partial charge in [0.05, 0.1) is 20.0 Å². The van der Waals surface area contributed by atoms with Crippen molar-refractivity contribution in [3.63, 3.8) is 0 Å². The van der Waals surface area contributed by atoms with Gasteiger partial charge < -0.3 is 19.2 Å². The zero-order valence-corrected chi connectivity index (χ0v) is 19.9. The third-order valence-electron chi connectivity index (χ3n) is 5.51. The molecule has 0 bridgehead atoms. The number of amides is 1. The maximum Gasteiger partial charge on any atom is 0.244 e. The highest BCUT2D eigenvalue weighted by atomic mass is 16.5. The predicted molar refractivity (Wildman–Crippen MR) is 130 cm³/mol. The average Bonchev–Trinajstić information content (AvgIpc) is 3.19. The molecule has 0 saturated heterocycles. The van der Waals surface area contributed by atoms with E-state index in [0.717, 1.165) is 56.7 Å². The Morgan fingerprint density at radius 2 is 2.03 bits per heavy atom. The maximum atomic E-state index is 12.5. The summed E-state index contributed by atoms with van der Waals surface area (Å²) in [5.41, 5.74) is 5.41. The van der Waals surface area contributed by atoms with Crippen LogP contribution in [0.1, 0.15) is 45.2 Å². The Balaban J connectivity index is 2.07. The van der Waals surface area contributed by atoms with Gasteiger partial charge in [0, 0.05) is 34.7 Å². The number of furan rings is 1. The summed E-state index contributed by atoms with van der Waals surface area (Å²) in [4.78, 5) is 12.5. The minimum absolute atomic E-state index is 0.0939. The Morgan fingerprint density at radius 1 is 1.25 bits per heavy atom. The number of methoxy groups -OCH3 is 1. The highest BCUT2D eigenvalue weighted by Gasteiger charge is 2.19. The Kier molecular flexibility index (Phi) is 7.62. The van der Waals surface area contributed by atoms with Crippen molar-refractivity contribution in [2.45, 2.75) is 41.0 Å². The maximum absolute atomic E-state index is 12.5. The van der Waals surface area contributed by atoms with Crippen LogP contribution >= 0.6 is 0 Å². The molecule has 0 radical (unpaired) electrons. The van der Waals surface area contributed by atoms with Crippen molar-refractivity contribution in [1.82, 2.24) is 5.32 Å². The largest absolute Gasteiger partial charge is 0.497 e. The molecule has 3 rings (SSSR count). The van der Waals surface area contributed by atoms with Gasteiger partial charge in [0.25, 0.3) is 0 Å². The number of hydrogen-bond acceptors (Lipinski definition) is 4. The summed E-state index contributed by atoms with van der Waals surface area (Å²) < 4.78 is 17.3. The minimum Gasteiger partial charge on any atom is -0.497 e. The second-order valence-corrected chi connectivity index (χ2v) is 8.37. The number of rotatable bonds is 9. The highest BCUT2D eigenvalue weighted by molar-refractivity contribution is 6.01. The van der Waals surface area contributed by atoms with Gasteiger partial charge in [-0.05, 0) is 62.4 Å². The summed E-state index contributed by atoms with van der Waals surface area (Å²) in [6.45, 7) is 11.4. The van der Waals surface area contributed by atoms with Crippen LogP contribution in [0, 0.1) is 12.8 Å². The number of nitrogens with one attached hydrogen (secondary N) is 1. The van der Waals surface area contributed by atoms with E-state index in [4.69, 9.17) is 13.9 Å². The monoisotopic (exact) mass is 435 g/mol. The van der Waals surface area contributed by atoms with E-state index in [1.165, 1.54) is 0 Å². The lowest BCUT2D eigenvalue weighted by Gasteiger charge is -2.15. The van der Waals surface area contributed by atoms with Gasteiger partial charge in [-0.15, -0.1) is 0 Å². The highest BCUT2D eigenvalue weighted by Crippen LogP contribution is 2.41. The van der Waals surface area contributed by atoms with Gasteiger partial charge in [-0.3, -0.25) is 4.79 Å². The third-order valence-corrected chi connectivity index (χ3v) is 5.51. The lowest BCUT2D eigenvalue weighted by molar-refractivity contribution is -0.116. The third kappa shape index (κ3) is 5.16. The summed E-state index contributed by atoms with van der Waals surface area (Å²) in [6.07, 6.45) is 4.37. The molecule has 1 aromatic heterocycles. The van der Waals surface area contributed by atoms with Crippen LogP contribution in [0.2, 0.25) is 0 Å². The van der Waals surface area contributed by atoms with Crippen molar-refractivity contribution in [3.8, 4) is 22.6 Å². The average molecular weight is 436 g/mol. The molecule has 0 aliphatic carbocycles. The van der Waals surface area contributed by atoms with Crippen LogP contribution in [0.15, 0.2) is 47.1 Å². The van der Waals surface area contributed by atoms with Crippen LogP contribution in [0.3, 0.4) is 0 Å². The van der Waals surface area contributed by atoms with Gasteiger partial charge in [-0.25, -0.2) is 0 Å². The lowest BCUT2D eigenvalue weighted by atomic mass is 9.96. The second kappa shape index (κ2) is 10.4. The van der Waals surface area contributed by atoms with Crippen molar-refractivity contribution < 1.29 is 18.7 Å². The summed E-state index contributed by atoms with van der Waals surface area (Å²) in [5.74, 6) is 1.99. The summed E-state index contributed by atoms with van der Waals surface area (Å²) in [6, 6.07) is 9.95. The van der Waals surface area contributed by atoms with Crippen LogP contribution in [-0.2, 0) is 4.79 Å². The summed E-state index contributed by atoms with van der Waals surface area (Å²) in [5, 5.41) is 3.95. The molecule has 0 aliphatic heterocycles. The van der Waals surface area contributed by atoms with Crippen LogP contribution in [0.5, 0.6) is 11.5 Å². The van der Waals surface area contributed by atoms with Crippen LogP contribution in [-0.4, -0.2) is 26.2 Å². The van der Waals surface area contributed by atoms with E-state index in [1.807, 2.05) is 45.0 Å². The number of ether oxygens (including phenoxy) is 2. The first-order valence-corrected chi connectivity index (χ1v) is 11.1. The van der Waals surface area contributed by atoms with Crippen molar-refractivity contribution in [3.05, 3.63) is 53.8 Å². The second-order valence-electron chi connectivity index (χ2n) is 8.37. The topological polar surface area (TPSA) is 60.7 Å². The van der Waals surface area contributed by atoms with Crippen molar-refractivity contribution in [2.24, 2.45) is 5.92 Å². The van der Waals surface area contributed by atoms with E-state index in [9.17, 15) is 4.79 Å². The quantitative estimate of drug-likeness (QED) is 0.396. The van der Waals surface area contributed by atoms with Crippen molar-refractivity contribution in [1.29, 1.82) is 0 Å². The SMILES string of the molecule is CCOc1c(/C(C)=C/C(=O)NCCC(C)C)cc2c(-c3cccc(OC)c3)coc2c1C. The van der Waals surface area contributed by atoms with Gasteiger partial charge in [0.2, 0.25) is 5.91 Å². The van der Waals surface area contributed by atoms with Crippen molar-refractivity contribution in [2.75, 3.05) is 20.3 Å². The van der Waals surface area contributed by atoms with Crippen LogP contribution in [0.4, 0.5) is 0 Å².